The van der Waals surface area contributed by atoms with E-state index in [2.05, 4.69) is 5.32 Å². The molecule has 158 valence electrons. The molecule has 3 aromatic carbocycles. The third-order valence-corrected chi connectivity index (χ3v) is 4.71. The summed E-state index contributed by atoms with van der Waals surface area (Å²) in [6.45, 7) is 1.63. The third-order valence-electron chi connectivity index (χ3n) is 4.71. The lowest BCUT2D eigenvalue weighted by Gasteiger charge is -2.10. The minimum Gasteiger partial charge on any atom is -0.452 e. The van der Waals surface area contributed by atoms with Gasteiger partial charge in [0, 0.05) is 17.7 Å². The lowest BCUT2D eigenvalue weighted by atomic mass is 9.98. The van der Waals surface area contributed by atoms with Crippen molar-refractivity contribution in [3.63, 3.8) is 0 Å². The van der Waals surface area contributed by atoms with Crippen LogP contribution < -0.4 is 5.32 Å². The Balaban J connectivity index is 1.57. The van der Waals surface area contributed by atoms with Crippen LogP contribution in [0.4, 0.5) is 4.39 Å². The maximum atomic E-state index is 13.6. The van der Waals surface area contributed by atoms with Crippen LogP contribution in [0.1, 0.15) is 37.4 Å². The maximum absolute atomic E-state index is 13.6. The van der Waals surface area contributed by atoms with Crippen molar-refractivity contribution in [3.05, 3.63) is 106 Å². The Morgan fingerprint density at radius 2 is 1.52 bits per heavy atom. The van der Waals surface area contributed by atoms with Gasteiger partial charge in [0.25, 0.3) is 5.91 Å². The lowest BCUT2D eigenvalue weighted by molar-refractivity contribution is -0.124. The molecule has 0 fully saturated rings. The summed E-state index contributed by atoms with van der Waals surface area (Å²) in [5, 5.41) is 2.58. The summed E-state index contributed by atoms with van der Waals surface area (Å²) in [6.07, 6.45) is 0.320. The zero-order valence-corrected chi connectivity index (χ0v) is 17.1. The molecule has 0 atom stereocenters. The van der Waals surface area contributed by atoms with Gasteiger partial charge in [-0.3, -0.25) is 9.59 Å². The van der Waals surface area contributed by atoms with Crippen molar-refractivity contribution < 1.29 is 23.5 Å². The molecule has 1 amide bonds. The molecule has 0 spiro atoms. The normalized spacial score (nSPS) is 10.4. The fourth-order valence-corrected chi connectivity index (χ4v) is 3.02. The molecule has 31 heavy (non-hydrogen) atoms. The molecule has 6 heteroatoms. The molecular weight excluding hydrogens is 397 g/mol. The molecule has 0 unspecified atom stereocenters. The number of ketones is 1. The second kappa shape index (κ2) is 10.3. The predicted octanol–water partition coefficient (Wildman–Crippen LogP) is 3.88. The number of aryl methyl sites for hydroxylation is 1. The van der Waals surface area contributed by atoms with Crippen LogP contribution in [0.15, 0.2) is 72.8 Å². The van der Waals surface area contributed by atoms with E-state index in [0.717, 1.165) is 5.56 Å². The number of esters is 1. The van der Waals surface area contributed by atoms with Crippen LogP contribution in [0.3, 0.4) is 0 Å². The molecule has 0 aliphatic carbocycles. The fraction of sp³-hybridized carbons (Fsp3) is 0.160. The summed E-state index contributed by atoms with van der Waals surface area (Å²) in [4.78, 5) is 37.3. The second-order valence-electron chi connectivity index (χ2n) is 7.01. The van der Waals surface area contributed by atoms with Gasteiger partial charge < -0.3 is 10.1 Å². The Morgan fingerprint density at radius 3 is 2.23 bits per heavy atom. The highest BCUT2D eigenvalue weighted by molar-refractivity contribution is 6.14. The largest absolute Gasteiger partial charge is 0.452 e. The molecule has 3 rings (SSSR count). The summed E-state index contributed by atoms with van der Waals surface area (Å²) in [5.74, 6) is -1.91. The van der Waals surface area contributed by atoms with Gasteiger partial charge >= 0.3 is 5.97 Å². The number of hydrogen-bond donors (Lipinski definition) is 1. The highest BCUT2D eigenvalue weighted by Gasteiger charge is 2.19. The number of carbonyl (C=O) groups excluding carboxylic acids is 3. The SMILES string of the molecule is Cc1ccc(C(=O)c2ccccc2C(=O)OCC(=O)NCCc2ccccc2F)cc1. The highest BCUT2D eigenvalue weighted by Crippen LogP contribution is 2.16. The van der Waals surface area contributed by atoms with Crippen molar-refractivity contribution in [1.29, 1.82) is 0 Å². The second-order valence-corrected chi connectivity index (χ2v) is 7.01. The van der Waals surface area contributed by atoms with Crippen molar-refractivity contribution in [1.82, 2.24) is 5.32 Å². The van der Waals surface area contributed by atoms with Gasteiger partial charge in [0.1, 0.15) is 5.82 Å². The van der Waals surface area contributed by atoms with E-state index in [1.54, 1.807) is 48.5 Å². The molecule has 0 aliphatic rings. The quantitative estimate of drug-likeness (QED) is 0.444. The number of rotatable bonds is 8. The average Bonchev–Trinajstić information content (AvgIpc) is 2.79. The van der Waals surface area contributed by atoms with Gasteiger partial charge in [0.05, 0.1) is 5.56 Å². The molecule has 0 saturated heterocycles. The first-order valence-corrected chi connectivity index (χ1v) is 9.83. The minimum absolute atomic E-state index is 0.0900. The molecule has 0 aliphatic heterocycles. The van der Waals surface area contributed by atoms with Crippen LogP contribution in [-0.4, -0.2) is 30.8 Å². The topological polar surface area (TPSA) is 72.5 Å². The Kier molecular flexibility index (Phi) is 7.27. The standard InChI is InChI=1S/C25H22FNO4/c1-17-10-12-19(13-11-17)24(29)20-7-3-4-8-21(20)25(30)31-16-23(28)27-15-14-18-6-2-5-9-22(18)26/h2-13H,14-16H2,1H3,(H,27,28). The molecular formula is C25H22FNO4. The summed E-state index contributed by atoms with van der Waals surface area (Å²) >= 11 is 0. The Bertz CT molecular complexity index is 1090. The molecule has 1 N–H and O–H groups in total. The van der Waals surface area contributed by atoms with E-state index in [9.17, 15) is 18.8 Å². The fourth-order valence-electron chi connectivity index (χ4n) is 3.02. The van der Waals surface area contributed by atoms with E-state index in [1.807, 2.05) is 19.1 Å². The zero-order valence-electron chi connectivity index (χ0n) is 17.1. The predicted molar refractivity (Wildman–Crippen MR) is 114 cm³/mol. The summed E-state index contributed by atoms with van der Waals surface area (Å²) in [7, 11) is 0. The Morgan fingerprint density at radius 1 is 0.871 bits per heavy atom. The summed E-state index contributed by atoms with van der Waals surface area (Å²) < 4.78 is 18.7. The van der Waals surface area contributed by atoms with Crippen molar-refractivity contribution >= 4 is 17.7 Å². The minimum atomic E-state index is -0.764. The van der Waals surface area contributed by atoms with Crippen LogP contribution in [0.2, 0.25) is 0 Å². The third kappa shape index (κ3) is 5.85. The van der Waals surface area contributed by atoms with Crippen LogP contribution >= 0.6 is 0 Å². The monoisotopic (exact) mass is 419 g/mol. The van der Waals surface area contributed by atoms with Gasteiger partial charge in [-0.1, -0.05) is 66.2 Å². The number of amides is 1. The van der Waals surface area contributed by atoms with E-state index in [0.29, 0.717) is 17.5 Å². The van der Waals surface area contributed by atoms with Crippen LogP contribution in [0.25, 0.3) is 0 Å². The first-order valence-electron chi connectivity index (χ1n) is 9.83. The molecule has 5 nitrogen and oxygen atoms in total. The first kappa shape index (κ1) is 21.9. The van der Waals surface area contributed by atoms with Gasteiger partial charge in [0.15, 0.2) is 12.4 Å². The average molecular weight is 419 g/mol. The number of nitrogens with one attached hydrogen (secondary N) is 1. The van der Waals surface area contributed by atoms with Gasteiger partial charge in [-0.15, -0.1) is 0 Å². The smallest absolute Gasteiger partial charge is 0.339 e. The number of halogens is 1. The van der Waals surface area contributed by atoms with E-state index in [4.69, 9.17) is 4.74 Å². The van der Waals surface area contributed by atoms with Crippen molar-refractivity contribution in [2.24, 2.45) is 0 Å². The number of ether oxygens (including phenoxy) is 1. The molecule has 0 bridgehead atoms. The van der Waals surface area contributed by atoms with Crippen molar-refractivity contribution in [2.75, 3.05) is 13.2 Å². The number of benzene rings is 3. The zero-order chi connectivity index (χ0) is 22.2. The van der Waals surface area contributed by atoms with Gasteiger partial charge in [-0.25, -0.2) is 9.18 Å². The van der Waals surface area contributed by atoms with E-state index >= 15 is 0 Å². The van der Waals surface area contributed by atoms with Gasteiger partial charge in [0.2, 0.25) is 0 Å². The molecule has 0 heterocycles. The Labute approximate surface area is 179 Å². The van der Waals surface area contributed by atoms with Crippen LogP contribution in [0.5, 0.6) is 0 Å². The van der Waals surface area contributed by atoms with Crippen LogP contribution in [0, 0.1) is 12.7 Å². The van der Waals surface area contributed by atoms with Crippen LogP contribution in [-0.2, 0) is 16.0 Å². The van der Waals surface area contributed by atoms with E-state index < -0.39 is 18.5 Å². The molecule has 3 aromatic rings. The molecule has 0 radical (unpaired) electrons. The van der Waals surface area contributed by atoms with Crippen molar-refractivity contribution in [2.45, 2.75) is 13.3 Å². The molecule has 0 saturated carbocycles. The number of carbonyl (C=O) groups is 3. The van der Waals surface area contributed by atoms with E-state index in [-0.39, 0.29) is 29.3 Å². The summed E-state index contributed by atoms with van der Waals surface area (Å²) in [5.41, 5.74) is 2.26. The first-order chi connectivity index (χ1) is 15.0. The van der Waals surface area contributed by atoms with E-state index in [1.165, 1.54) is 12.1 Å². The number of hydrogen-bond acceptors (Lipinski definition) is 4. The van der Waals surface area contributed by atoms with Gasteiger partial charge in [-0.2, -0.15) is 0 Å². The molecule has 0 aromatic heterocycles. The highest BCUT2D eigenvalue weighted by atomic mass is 19.1. The van der Waals surface area contributed by atoms with Crippen molar-refractivity contribution in [3.8, 4) is 0 Å². The Hall–Kier alpha value is -3.80. The van der Waals surface area contributed by atoms with Gasteiger partial charge in [-0.05, 0) is 31.0 Å². The summed E-state index contributed by atoms with van der Waals surface area (Å²) in [6, 6.07) is 19.7. The lowest BCUT2D eigenvalue weighted by Crippen LogP contribution is -2.30. The maximum Gasteiger partial charge on any atom is 0.339 e.